The quantitative estimate of drug-likeness (QED) is 0.897. The number of methoxy groups -OCH3 is 1. The van der Waals surface area contributed by atoms with Crippen LogP contribution in [0.1, 0.15) is 24.0 Å². The molecule has 0 radical (unpaired) electrons. The van der Waals surface area contributed by atoms with Crippen molar-refractivity contribution in [2.45, 2.75) is 19.8 Å². The average molecular weight is 289 g/mol. The van der Waals surface area contributed by atoms with Gasteiger partial charge in [-0.25, -0.2) is 0 Å². The fraction of sp³-hybridized carbons (Fsp3) is 0.364. The normalized spacial score (nSPS) is 12.2. The largest absolute Gasteiger partial charge is 0.506 e. The van der Waals surface area contributed by atoms with E-state index in [1.54, 1.807) is 13.0 Å². The molecule has 0 aliphatic carbocycles. The fourth-order valence-corrected chi connectivity index (χ4v) is 2.19. The number of rotatable bonds is 3. The predicted octanol–water partition coefficient (Wildman–Crippen LogP) is 2.66. The Balaban J connectivity index is 3.39. The number of carboxylic acid groups (broad SMARTS) is 1. The summed E-state index contributed by atoms with van der Waals surface area (Å²) >= 11 is 3.19. The fourth-order valence-electron chi connectivity index (χ4n) is 1.49. The second kappa shape index (κ2) is 4.74. The summed E-state index contributed by atoms with van der Waals surface area (Å²) in [6.45, 7) is 3.32. The van der Waals surface area contributed by atoms with Gasteiger partial charge in [0.05, 0.1) is 13.0 Å². The molecule has 1 aromatic carbocycles. The molecule has 4 nitrogen and oxygen atoms in total. The monoisotopic (exact) mass is 288 g/mol. The summed E-state index contributed by atoms with van der Waals surface area (Å²) in [7, 11) is 1.49. The van der Waals surface area contributed by atoms with E-state index < -0.39 is 11.9 Å². The van der Waals surface area contributed by atoms with Gasteiger partial charge in [0.2, 0.25) is 0 Å². The second-order valence-corrected chi connectivity index (χ2v) is 4.33. The minimum Gasteiger partial charge on any atom is -0.506 e. The van der Waals surface area contributed by atoms with Crippen molar-refractivity contribution < 1.29 is 19.7 Å². The lowest BCUT2D eigenvalue weighted by molar-refractivity contribution is -0.138. The Hall–Kier alpha value is -1.23. The molecule has 0 aliphatic heterocycles. The van der Waals surface area contributed by atoms with E-state index in [1.807, 2.05) is 0 Å². The Kier molecular flexibility index (Phi) is 3.80. The number of aryl methyl sites for hydroxylation is 1. The van der Waals surface area contributed by atoms with Crippen molar-refractivity contribution in [2.75, 3.05) is 7.11 Å². The zero-order valence-corrected chi connectivity index (χ0v) is 10.8. The van der Waals surface area contributed by atoms with Crippen molar-refractivity contribution in [1.29, 1.82) is 0 Å². The first kappa shape index (κ1) is 12.8. The van der Waals surface area contributed by atoms with Crippen molar-refractivity contribution >= 4 is 21.9 Å². The van der Waals surface area contributed by atoms with Crippen LogP contribution in [-0.2, 0) is 4.79 Å². The lowest BCUT2D eigenvalue weighted by atomic mass is 9.98. The van der Waals surface area contributed by atoms with Gasteiger partial charge >= 0.3 is 5.97 Å². The van der Waals surface area contributed by atoms with Gasteiger partial charge in [0.25, 0.3) is 0 Å². The molecule has 2 N–H and O–H groups in total. The maximum Gasteiger partial charge on any atom is 0.310 e. The molecule has 5 heteroatoms. The molecular formula is C11H13BrO4. The highest BCUT2D eigenvalue weighted by atomic mass is 79.9. The van der Waals surface area contributed by atoms with Gasteiger partial charge in [0.1, 0.15) is 16.0 Å². The van der Waals surface area contributed by atoms with Gasteiger partial charge in [-0.2, -0.15) is 0 Å². The maximum atomic E-state index is 10.9. The zero-order valence-electron chi connectivity index (χ0n) is 9.24. The lowest BCUT2D eigenvalue weighted by Gasteiger charge is -2.15. The molecule has 0 aliphatic rings. The molecule has 1 atom stereocenters. The van der Waals surface area contributed by atoms with Crippen LogP contribution < -0.4 is 4.74 Å². The van der Waals surface area contributed by atoms with Crippen molar-refractivity contribution in [3.63, 3.8) is 0 Å². The van der Waals surface area contributed by atoms with Crippen LogP contribution in [-0.4, -0.2) is 23.3 Å². The van der Waals surface area contributed by atoms with E-state index in [4.69, 9.17) is 9.84 Å². The second-order valence-electron chi connectivity index (χ2n) is 3.54. The Morgan fingerprint density at radius 1 is 1.56 bits per heavy atom. The third-order valence-corrected chi connectivity index (χ3v) is 3.19. The van der Waals surface area contributed by atoms with Crippen LogP contribution in [0.4, 0.5) is 0 Å². The molecule has 88 valence electrons. The number of aromatic hydroxyl groups is 1. The molecule has 1 aromatic rings. The number of halogens is 1. The standard InChI is InChI=1S/C11H13BrO4/c1-5-4-7(6(2)11(14)15)9(13)8(12)10(5)16-3/h4,6,13H,1-3H3,(H,14,15). The van der Waals surface area contributed by atoms with Crippen LogP contribution in [0.2, 0.25) is 0 Å². The molecule has 0 bridgehead atoms. The summed E-state index contributed by atoms with van der Waals surface area (Å²) < 4.78 is 5.48. The van der Waals surface area contributed by atoms with Crippen LogP contribution in [0.3, 0.4) is 0 Å². The van der Waals surface area contributed by atoms with Gasteiger partial charge in [0.15, 0.2) is 0 Å². The highest BCUT2D eigenvalue weighted by Gasteiger charge is 2.22. The molecule has 0 heterocycles. The summed E-state index contributed by atoms with van der Waals surface area (Å²) in [5.41, 5.74) is 1.15. The number of phenols is 1. The maximum absolute atomic E-state index is 10.9. The summed E-state index contributed by atoms with van der Waals surface area (Å²) in [6.07, 6.45) is 0. The molecular weight excluding hydrogens is 276 g/mol. The van der Waals surface area contributed by atoms with Gasteiger partial charge in [-0.1, -0.05) is 0 Å². The lowest BCUT2D eigenvalue weighted by Crippen LogP contribution is -2.08. The molecule has 0 fully saturated rings. The number of benzene rings is 1. The topological polar surface area (TPSA) is 66.8 Å². The van der Waals surface area contributed by atoms with E-state index in [0.717, 1.165) is 5.56 Å². The van der Waals surface area contributed by atoms with Crippen LogP contribution >= 0.6 is 15.9 Å². The van der Waals surface area contributed by atoms with E-state index in [2.05, 4.69) is 15.9 Å². The molecule has 0 saturated heterocycles. The van der Waals surface area contributed by atoms with Crippen LogP contribution in [0, 0.1) is 6.92 Å². The van der Waals surface area contributed by atoms with E-state index in [1.165, 1.54) is 14.0 Å². The molecule has 1 unspecified atom stereocenters. The van der Waals surface area contributed by atoms with Crippen molar-refractivity contribution in [3.8, 4) is 11.5 Å². The van der Waals surface area contributed by atoms with Gasteiger partial charge in [0, 0.05) is 5.56 Å². The van der Waals surface area contributed by atoms with Crippen LogP contribution in [0.5, 0.6) is 11.5 Å². The third-order valence-electron chi connectivity index (χ3n) is 2.45. The first-order valence-electron chi connectivity index (χ1n) is 4.68. The van der Waals surface area contributed by atoms with Crippen molar-refractivity contribution in [1.82, 2.24) is 0 Å². The highest BCUT2D eigenvalue weighted by molar-refractivity contribution is 9.10. The van der Waals surface area contributed by atoms with E-state index >= 15 is 0 Å². The molecule has 16 heavy (non-hydrogen) atoms. The zero-order chi connectivity index (χ0) is 12.5. The summed E-state index contributed by atoms with van der Waals surface area (Å²) in [5.74, 6) is -1.32. The minimum atomic E-state index is -0.980. The molecule has 0 amide bonds. The minimum absolute atomic E-state index is 0.0858. The number of carboxylic acids is 1. The molecule has 1 rings (SSSR count). The summed E-state index contributed by atoms with van der Waals surface area (Å²) in [4.78, 5) is 10.9. The van der Waals surface area contributed by atoms with Crippen molar-refractivity contribution in [2.24, 2.45) is 0 Å². The van der Waals surface area contributed by atoms with Crippen LogP contribution in [0.25, 0.3) is 0 Å². The number of hydrogen-bond donors (Lipinski definition) is 2. The van der Waals surface area contributed by atoms with Gasteiger partial charge in [-0.3, -0.25) is 4.79 Å². The third kappa shape index (κ3) is 2.14. The van der Waals surface area contributed by atoms with Gasteiger partial charge < -0.3 is 14.9 Å². The number of carbonyl (C=O) groups is 1. The van der Waals surface area contributed by atoms with Crippen molar-refractivity contribution in [3.05, 3.63) is 21.7 Å². The Labute approximate surface area is 102 Å². The highest BCUT2D eigenvalue weighted by Crippen LogP contribution is 2.41. The molecule has 0 aromatic heterocycles. The Morgan fingerprint density at radius 3 is 2.56 bits per heavy atom. The number of ether oxygens (including phenoxy) is 1. The Morgan fingerprint density at radius 2 is 2.12 bits per heavy atom. The SMILES string of the molecule is COc1c(C)cc(C(C)C(=O)O)c(O)c1Br. The van der Waals surface area contributed by atoms with E-state index in [9.17, 15) is 9.90 Å². The van der Waals surface area contributed by atoms with E-state index in [0.29, 0.717) is 15.8 Å². The first-order chi connectivity index (χ1) is 7.40. The van der Waals surface area contributed by atoms with Crippen LogP contribution in [0.15, 0.2) is 10.5 Å². The number of hydrogen-bond acceptors (Lipinski definition) is 3. The molecule has 0 spiro atoms. The predicted molar refractivity (Wildman–Crippen MR) is 63.1 cm³/mol. The number of aliphatic carboxylic acids is 1. The smallest absolute Gasteiger partial charge is 0.310 e. The summed E-state index contributed by atoms with van der Waals surface area (Å²) in [6, 6.07) is 1.62. The summed E-state index contributed by atoms with van der Waals surface area (Å²) in [5, 5.41) is 18.8. The van der Waals surface area contributed by atoms with Gasteiger partial charge in [-0.15, -0.1) is 0 Å². The average Bonchev–Trinajstić information content (AvgIpc) is 2.23. The van der Waals surface area contributed by atoms with Gasteiger partial charge in [-0.05, 0) is 41.4 Å². The number of phenolic OH excluding ortho intramolecular Hbond substituents is 1. The Bertz CT molecular complexity index is 428. The molecule has 0 saturated carbocycles. The van der Waals surface area contributed by atoms with E-state index in [-0.39, 0.29) is 5.75 Å². The first-order valence-corrected chi connectivity index (χ1v) is 5.48.